The molecule has 21 heavy (non-hydrogen) atoms. The highest BCUT2D eigenvalue weighted by atomic mass is 35.5. The lowest BCUT2D eigenvalue weighted by Gasteiger charge is -2.18. The number of ether oxygens (including phenoxy) is 1. The molecule has 0 bridgehead atoms. The number of benzene rings is 2. The molecule has 2 aromatic rings. The lowest BCUT2D eigenvalue weighted by atomic mass is 10.1. The molecular formula is C16H16Cl3NO. The average molecular weight is 345 g/mol. The molecule has 1 N–H and O–H groups in total. The Balaban J connectivity index is 2.12. The first-order valence-corrected chi connectivity index (χ1v) is 7.66. The van der Waals surface area contributed by atoms with Gasteiger partial charge in [-0.2, -0.15) is 0 Å². The summed E-state index contributed by atoms with van der Waals surface area (Å²) in [5, 5.41) is 4.75. The highest BCUT2D eigenvalue weighted by Gasteiger charge is 2.14. The van der Waals surface area contributed by atoms with Crippen LogP contribution in [-0.4, -0.2) is 7.11 Å². The van der Waals surface area contributed by atoms with Crippen LogP contribution in [0.3, 0.4) is 0 Å². The molecule has 0 heterocycles. The highest BCUT2D eigenvalue weighted by Crippen LogP contribution is 2.35. The summed E-state index contributed by atoms with van der Waals surface area (Å²) < 4.78 is 5.34. The Bertz CT molecular complexity index is 631. The molecule has 0 saturated carbocycles. The third kappa shape index (κ3) is 3.83. The minimum atomic E-state index is 0.0391. The van der Waals surface area contributed by atoms with Gasteiger partial charge in [0.2, 0.25) is 0 Å². The summed E-state index contributed by atoms with van der Waals surface area (Å²) in [6, 6.07) is 11.6. The van der Waals surface area contributed by atoms with Crippen LogP contribution in [0.4, 0.5) is 0 Å². The molecule has 5 heteroatoms. The Morgan fingerprint density at radius 3 is 2.48 bits per heavy atom. The van der Waals surface area contributed by atoms with Crippen molar-refractivity contribution in [3.8, 4) is 5.75 Å². The zero-order valence-electron chi connectivity index (χ0n) is 11.8. The first-order valence-electron chi connectivity index (χ1n) is 6.53. The Labute approximate surface area is 140 Å². The molecule has 0 aliphatic carbocycles. The number of methoxy groups -OCH3 is 1. The normalized spacial score (nSPS) is 12.2. The van der Waals surface area contributed by atoms with Gasteiger partial charge in [-0.25, -0.2) is 0 Å². The van der Waals surface area contributed by atoms with Gasteiger partial charge in [0.25, 0.3) is 0 Å². The van der Waals surface area contributed by atoms with Gasteiger partial charge in [-0.1, -0.05) is 59.1 Å². The number of hydrogen-bond acceptors (Lipinski definition) is 2. The van der Waals surface area contributed by atoms with Crippen LogP contribution in [0.1, 0.15) is 24.1 Å². The van der Waals surface area contributed by atoms with E-state index < -0.39 is 0 Å². The van der Waals surface area contributed by atoms with Crippen molar-refractivity contribution in [2.24, 2.45) is 0 Å². The van der Waals surface area contributed by atoms with Crippen molar-refractivity contribution in [1.82, 2.24) is 5.32 Å². The SMILES string of the molecule is COc1ccccc1CNC(C)c1ccc(Cl)c(Cl)c1Cl. The molecule has 1 atom stereocenters. The second-order valence-corrected chi connectivity index (χ2v) is 5.84. The van der Waals surface area contributed by atoms with Crippen LogP contribution < -0.4 is 10.1 Å². The van der Waals surface area contributed by atoms with Gasteiger partial charge in [-0.05, 0) is 24.6 Å². The third-order valence-electron chi connectivity index (χ3n) is 3.32. The van der Waals surface area contributed by atoms with Crippen molar-refractivity contribution in [1.29, 1.82) is 0 Å². The van der Waals surface area contributed by atoms with Gasteiger partial charge in [0.05, 0.1) is 22.2 Å². The maximum atomic E-state index is 6.25. The fraction of sp³-hybridized carbons (Fsp3) is 0.250. The Morgan fingerprint density at radius 1 is 1.05 bits per heavy atom. The minimum Gasteiger partial charge on any atom is -0.496 e. The predicted octanol–water partition coefficient (Wildman–Crippen LogP) is 5.51. The topological polar surface area (TPSA) is 21.3 Å². The van der Waals surface area contributed by atoms with E-state index in [1.807, 2.05) is 37.3 Å². The van der Waals surface area contributed by atoms with Crippen molar-refractivity contribution in [2.45, 2.75) is 19.5 Å². The smallest absolute Gasteiger partial charge is 0.123 e. The lowest BCUT2D eigenvalue weighted by Crippen LogP contribution is -2.19. The zero-order valence-corrected chi connectivity index (χ0v) is 14.1. The molecule has 0 spiro atoms. The average Bonchev–Trinajstić information content (AvgIpc) is 2.50. The molecule has 112 valence electrons. The molecule has 0 radical (unpaired) electrons. The molecule has 2 nitrogen and oxygen atoms in total. The fourth-order valence-electron chi connectivity index (χ4n) is 2.10. The fourth-order valence-corrected chi connectivity index (χ4v) is 2.80. The van der Waals surface area contributed by atoms with E-state index in [4.69, 9.17) is 39.5 Å². The number of halogens is 3. The van der Waals surface area contributed by atoms with E-state index in [1.165, 1.54) is 0 Å². The summed E-state index contributed by atoms with van der Waals surface area (Å²) >= 11 is 18.3. The standard InChI is InChI=1S/C16H16Cl3NO/c1-10(12-7-8-13(17)16(19)15(12)18)20-9-11-5-3-4-6-14(11)21-2/h3-8,10,20H,9H2,1-2H3. The first kappa shape index (κ1) is 16.4. The van der Waals surface area contributed by atoms with Crippen molar-refractivity contribution >= 4 is 34.8 Å². The van der Waals surface area contributed by atoms with E-state index in [0.29, 0.717) is 21.6 Å². The number of para-hydroxylation sites is 1. The van der Waals surface area contributed by atoms with Gasteiger partial charge in [0, 0.05) is 18.2 Å². The summed E-state index contributed by atoms with van der Waals surface area (Å²) in [5.74, 6) is 0.859. The minimum absolute atomic E-state index is 0.0391. The lowest BCUT2D eigenvalue weighted by molar-refractivity contribution is 0.406. The second-order valence-electron chi connectivity index (χ2n) is 4.68. The van der Waals surface area contributed by atoms with E-state index in [-0.39, 0.29) is 6.04 Å². The van der Waals surface area contributed by atoms with Crippen molar-refractivity contribution < 1.29 is 4.74 Å². The summed E-state index contributed by atoms with van der Waals surface area (Å²) in [6.45, 7) is 2.70. The maximum absolute atomic E-state index is 6.25. The van der Waals surface area contributed by atoms with Gasteiger partial charge >= 0.3 is 0 Å². The molecule has 0 amide bonds. The zero-order chi connectivity index (χ0) is 15.4. The first-order chi connectivity index (χ1) is 10.0. The number of nitrogens with one attached hydrogen (secondary N) is 1. The van der Waals surface area contributed by atoms with Crippen molar-refractivity contribution in [3.05, 3.63) is 62.6 Å². The van der Waals surface area contributed by atoms with Crippen LogP contribution >= 0.6 is 34.8 Å². The van der Waals surface area contributed by atoms with Crippen LogP contribution in [0.2, 0.25) is 15.1 Å². The van der Waals surface area contributed by atoms with E-state index in [1.54, 1.807) is 13.2 Å². The summed E-state index contributed by atoms with van der Waals surface area (Å²) in [5.41, 5.74) is 2.00. The van der Waals surface area contributed by atoms with Crippen LogP contribution in [0.25, 0.3) is 0 Å². The van der Waals surface area contributed by atoms with Crippen molar-refractivity contribution in [3.63, 3.8) is 0 Å². The van der Waals surface area contributed by atoms with Gasteiger partial charge in [-0.3, -0.25) is 0 Å². The van der Waals surface area contributed by atoms with Gasteiger partial charge < -0.3 is 10.1 Å². The molecular weight excluding hydrogens is 329 g/mol. The molecule has 0 saturated heterocycles. The maximum Gasteiger partial charge on any atom is 0.123 e. The Morgan fingerprint density at radius 2 is 1.76 bits per heavy atom. The van der Waals surface area contributed by atoms with E-state index in [9.17, 15) is 0 Å². The number of rotatable bonds is 5. The number of hydrogen-bond donors (Lipinski definition) is 1. The molecule has 0 fully saturated rings. The van der Waals surface area contributed by atoms with Crippen LogP contribution in [0, 0.1) is 0 Å². The summed E-state index contributed by atoms with van der Waals surface area (Å²) in [7, 11) is 1.66. The molecule has 0 aliphatic rings. The van der Waals surface area contributed by atoms with E-state index in [2.05, 4.69) is 5.32 Å². The van der Waals surface area contributed by atoms with E-state index >= 15 is 0 Å². The summed E-state index contributed by atoms with van der Waals surface area (Å²) in [4.78, 5) is 0. The predicted molar refractivity (Wildman–Crippen MR) is 89.7 cm³/mol. The van der Waals surface area contributed by atoms with Gasteiger partial charge in [0.1, 0.15) is 5.75 Å². The Hall–Kier alpha value is -0.930. The van der Waals surface area contributed by atoms with Crippen molar-refractivity contribution in [2.75, 3.05) is 7.11 Å². The third-order valence-corrected chi connectivity index (χ3v) is 4.63. The molecule has 1 unspecified atom stereocenters. The van der Waals surface area contributed by atoms with Gasteiger partial charge in [-0.15, -0.1) is 0 Å². The summed E-state index contributed by atoms with van der Waals surface area (Å²) in [6.07, 6.45) is 0. The van der Waals surface area contributed by atoms with Crippen LogP contribution in [-0.2, 0) is 6.54 Å². The molecule has 0 aliphatic heterocycles. The second kappa shape index (κ2) is 7.37. The van der Waals surface area contributed by atoms with Crippen LogP contribution in [0.5, 0.6) is 5.75 Å². The molecule has 2 rings (SSSR count). The van der Waals surface area contributed by atoms with Crippen LogP contribution in [0.15, 0.2) is 36.4 Å². The largest absolute Gasteiger partial charge is 0.496 e. The highest BCUT2D eigenvalue weighted by molar-refractivity contribution is 6.48. The monoisotopic (exact) mass is 343 g/mol. The molecule has 2 aromatic carbocycles. The molecule has 0 aromatic heterocycles. The Kier molecular flexibility index (Phi) is 5.77. The van der Waals surface area contributed by atoms with E-state index in [0.717, 1.165) is 16.9 Å². The van der Waals surface area contributed by atoms with Gasteiger partial charge in [0.15, 0.2) is 0 Å². The quantitative estimate of drug-likeness (QED) is 0.722.